The molecule has 2 aromatic carbocycles. The molecular weight excluding hydrogens is 714 g/mol. The van der Waals surface area contributed by atoms with E-state index < -0.39 is 11.8 Å². The van der Waals surface area contributed by atoms with Crippen LogP contribution in [0.4, 0.5) is 26.3 Å². The number of hydrogen-bond donors (Lipinski definition) is 2. The van der Waals surface area contributed by atoms with Crippen molar-refractivity contribution in [1.29, 1.82) is 0 Å². The minimum absolute atomic E-state index is 0.121. The number of likely N-dealkylation sites (N-methyl/N-ethyl adjacent to an activating group) is 1. The monoisotopic (exact) mass is 759 g/mol. The van der Waals surface area contributed by atoms with Gasteiger partial charge in [-0.05, 0) is 87.4 Å². The summed E-state index contributed by atoms with van der Waals surface area (Å²) in [7, 11) is 4.20. The number of hydrogen-bond acceptors (Lipinski definition) is 12. The van der Waals surface area contributed by atoms with Gasteiger partial charge in [-0.25, -0.2) is 14.4 Å². The van der Waals surface area contributed by atoms with Crippen molar-refractivity contribution in [3.8, 4) is 17.6 Å². The van der Waals surface area contributed by atoms with E-state index in [4.69, 9.17) is 4.74 Å². The number of para-hydroxylation sites is 1. The van der Waals surface area contributed by atoms with Crippen molar-refractivity contribution >= 4 is 60.8 Å². The highest BCUT2D eigenvalue weighted by molar-refractivity contribution is 7.22. The quantitative estimate of drug-likeness (QED) is 0.0536. The average Bonchev–Trinajstić information content (AvgIpc) is 3.74. The standard InChI is InChI=1S/C39H46FN7O4S2/c1-5-6-8-14-28-18-19-31(29(40)26-28)51-24-13-17-33-35(37(49)50)42-39(53-33)46(20-11-7-12-21-47(3,4)22-23-48)34-25-27(2)36(45-44-34)43-38-41-30-15-9-10-16-32(30)52-38/h9-10,15-16,18-19,25-26,48H,5-7,11-13,17,20-24H2,1-4H3,(H-,41,43,45,49,50). The van der Waals surface area contributed by atoms with Gasteiger partial charge in [0.1, 0.15) is 12.2 Å². The highest BCUT2D eigenvalue weighted by atomic mass is 32.1. The molecular formula is C39H46FN7O4S2. The Labute approximate surface area is 318 Å². The number of rotatable bonds is 19. The van der Waals surface area contributed by atoms with Crippen LogP contribution in [0, 0.1) is 24.6 Å². The maximum Gasteiger partial charge on any atom is 0.191 e. The second-order valence-corrected chi connectivity index (χ2v) is 15.5. The molecule has 0 unspecified atom stereocenters. The summed E-state index contributed by atoms with van der Waals surface area (Å²) in [5.74, 6) is 5.34. The zero-order valence-corrected chi connectivity index (χ0v) is 32.3. The Morgan fingerprint density at radius 1 is 1.06 bits per heavy atom. The third-order valence-corrected chi connectivity index (χ3v) is 10.7. The lowest BCUT2D eigenvalue weighted by Crippen LogP contribution is -2.42. The fraction of sp³-hybridized carbons (Fsp3) is 0.410. The SMILES string of the molecule is CCCC#Cc1ccc(OCCCc2sc(N(CCCCC[N+](C)(C)CCO)c3cc(C)c(Nc4nc5ccccc5s4)nn3)nc2C(=O)[O-])c(F)c1. The summed E-state index contributed by atoms with van der Waals surface area (Å²) in [5.41, 5.74) is 2.20. The van der Waals surface area contributed by atoms with Crippen molar-refractivity contribution in [2.75, 3.05) is 57.2 Å². The van der Waals surface area contributed by atoms with Gasteiger partial charge in [-0.2, -0.15) is 0 Å². The van der Waals surface area contributed by atoms with Crippen LogP contribution >= 0.6 is 22.7 Å². The van der Waals surface area contributed by atoms with E-state index in [9.17, 15) is 19.4 Å². The Kier molecular flexibility index (Phi) is 14.1. The van der Waals surface area contributed by atoms with Crippen molar-refractivity contribution < 1.29 is 28.6 Å². The molecule has 0 aliphatic carbocycles. The number of nitrogens with zero attached hydrogens (tertiary/aromatic N) is 6. The highest BCUT2D eigenvalue weighted by Gasteiger charge is 2.22. The lowest BCUT2D eigenvalue weighted by Gasteiger charge is -2.29. The minimum Gasteiger partial charge on any atom is -0.543 e. The van der Waals surface area contributed by atoms with Crippen LogP contribution in [-0.2, 0) is 6.42 Å². The molecule has 53 heavy (non-hydrogen) atoms. The Bertz CT molecular complexity index is 2020. The fourth-order valence-corrected chi connectivity index (χ4v) is 7.60. The van der Waals surface area contributed by atoms with E-state index in [2.05, 4.69) is 51.4 Å². The van der Waals surface area contributed by atoms with Gasteiger partial charge < -0.3 is 34.4 Å². The maximum absolute atomic E-state index is 14.7. The molecule has 3 aromatic heterocycles. The number of carboxylic acid groups (broad SMARTS) is 1. The van der Waals surface area contributed by atoms with Gasteiger partial charge in [-0.3, -0.25) is 0 Å². The van der Waals surface area contributed by atoms with Gasteiger partial charge in [0.15, 0.2) is 33.5 Å². The molecule has 11 nitrogen and oxygen atoms in total. The number of quaternary nitrogens is 1. The molecule has 0 spiro atoms. The summed E-state index contributed by atoms with van der Waals surface area (Å²) in [6.45, 7) is 6.43. The van der Waals surface area contributed by atoms with Crippen molar-refractivity contribution in [3.63, 3.8) is 0 Å². The predicted octanol–water partition coefficient (Wildman–Crippen LogP) is 6.64. The number of aryl methyl sites for hydroxylation is 2. The number of fused-ring (bicyclic) bond motifs is 1. The molecule has 0 amide bonds. The first kappa shape index (κ1) is 39.5. The number of thiazole rings is 2. The van der Waals surface area contributed by atoms with Gasteiger partial charge in [0.05, 0.1) is 50.0 Å². The van der Waals surface area contributed by atoms with Crippen LogP contribution < -0.4 is 20.1 Å². The maximum atomic E-state index is 14.7. The molecule has 2 N–H and O–H groups in total. The molecule has 0 bridgehead atoms. The van der Waals surface area contributed by atoms with E-state index in [0.29, 0.717) is 58.3 Å². The van der Waals surface area contributed by atoms with Crippen molar-refractivity contribution in [3.05, 3.63) is 76.0 Å². The topological polar surface area (TPSA) is 136 Å². The number of benzene rings is 2. The molecule has 5 aromatic rings. The number of nitrogens with one attached hydrogen (secondary N) is 1. The molecule has 0 fully saturated rings. The second kappa shape index (κ2) is 18.9. The number of aromatic nitrogens is 4. The lowest BCUT2D eigenvalue weighted by atomic mass is 10.2. The molecule has 14 heteroatoms. The number of carbonyl (C=O) groups excluding carboxylic acids is 1. The zero-order valence-electron chi connectivity index (χ0n) is 30.7. The van der Waals surface area contributed by atoms with Crippen LogP contribution in [0.25, 0.3) is 10.2 Å². The number of unbranched alkanes of at least 4 members (excludes halogenated alkanes) is 3. The Balaban J connectivity index is 1.31. The molecule has 3 heterocycles. The van der Waals surface area contributed by atoms with E-state index in [0.717, 1.165) is 58.9 Å². The number of anilines is 4. The highest BCUT2D eigenvalue weighted by Crippen LogP contribution is 2.34. The Morgan fingerprint density at radius 2 is 1.89 bits per heavy atom. The van der Waals surface area contributed by atoms with Gasteiger partial charge in [0.2, 0.25) is 0 Å². The molecule has 0 saturated carbocycles. The molecule has 0 aliphatic rings. The van der Waals surface area contributed by atoms with Crippen molar-refractivity contribution in [1.82, 2.24) is 20.2 Å². The summed E-state index contributed by atoms with van der Waals surface area (Å²) in [4.78, 5) is 23.9. The van der Waals surface area contributed by atoms with Crippen LogP contribution in [0.3, 0.4) is 0 Å². The van der Waals surface area contributed by atoms with E-state index >= 15 is 0 Å². The smallest absolute Gasteiger partial charge is 0.191 e. The van der Waals surface area contributed by atoms with Crippen LogP contribution in [0.2, 0.25) is 0 Å². The van der Waals surface area contributed by atoms with Gasteiger partial charge in [0.25, 0.3) is 0 Å². The van der Waals surface area contributed by atoms with E-state index in [1.165, 1.54) is 28.7 Å². The first-order valence-corrected chi connectivity index (χ1v) is 19.5. The Hall–Kier alpha value is -4.68. The number of aromatic carboxylic acids is 1. The summed E-state index contributed by atoms with van der Waals surface area (Å²) in [5, 5.41) is 35.2. The second-order valence-electron chi connectivity index (χ2n) is 13.4. The van der Waals surface area contributed by atoms with Gasteiger partial charge in [0, 0.05) is 23.4 Å². The van der Waals surface area contributed by atoms with Gasteiger partial charge >= 0.3 is 0 Å². The van der Waals surface area contributed by atoms with E-state index in [-0.39, 0.29) is 24.7 Å². The van der Waals surface area contributed by atoms with Crippen molar-refractivity contribution in [2.24, 2.45) is 0 Å². The number of carboxylic acids is 1. The molecule has 0 radical (unpaired) electrons. The number of aliphatic hydroxyl groups excluding tert-OH is 1. The first-order valence-electron chi connectivity index (χ1n) is 17.9. The summed E-state index contributed by atoms with van der Waals surface area (Å²) in [6, 6.07) is 14.5. The molecule has 0 atom stereocenters. The summed E-state index contributed by atoms with van der Waals surface area (Å²) < 4.78 is 22.2. The predicted molar refractivity (Wildman–Crippen MR) is 208 cm³/mol. The van der Waals surface area contributed by atoms with Crippen molar-refractivity contribution in [2.45, 2.75) is 58.8 Å². The number of halogens is 1. The largest absolute Gasteiger partial charge is 0.543 e. The minimum atomic E-state index is -1.37. The molecule has 0 saturated heterocycles. The normalized spacial score (nSPS) is 11.4. The summed E-state index contributed by atoms with van der Waals surface area (Å²) >= 11 is 2.80. The number of ether oxygens (including phenoxy) is 1. The van der Waals surface area contributed by atoms with Crippen LogP contribution in [0.15, 0.2) is 48.5 Å². The molecule has 0 aliphatic heterocycles. The van der Waals surface area contributed by atoms with E-state index in [1.54, 1.807) is 12.1 Å². The molecule has 280 valence electrons. The van der Waals surface area contributed by atoms with E-state index in [1.807, 2.05) is 49.1 Å². The van der Waals surface area contributed by atoms with Gasteiger partial charge in [-0.1, -0.05) is 42.2 Å². The number of aliphatic hydroxyl groups is 1. The third kappa shape index (κ3) is 11.2. The zero-order chi connectivity index (χ0) is 37.8. The summed E-state index contributed by atoms with van der Waals surface area (Å²) in [6.07, 6.45) is 5.14. The van der Waals surface area contributed by atoms with Crippen LogP contribution in [0.5, 0.6) is 5.75 Å². The average molecular weight is 760 g/mol. The number of carbonyl (C=O) groups is 1. The third-order valence-electron chi connectivity index (χ3n) is 8.57. The van der Waals surface area contributed by atoms with Crippen LogP contribution in [0.1, 0.15) is 71.9 Å². The van der Waals surface area contributed by atoms with Crippen LogP contribution in [-0.4, -0.2) is 82.7 Å². The Morgan fingerprint density at radius 3 is 2.62 bits per heavy atom. The van der Waals surface area contributed by atoms with Gasteiger partial charge in [-0.15, -0.1) is 21.5 Å². The molecule has 5 rings (SSSR count). The fourth-order valence-electron chi connectivity index (χ4n) is 5.61. The lowest BCUT2D eigenvalue weighted by molar-refractivity contribution is -0.890. The first-order chi connectivity index (χ1) is 25.6.